The third-order valence-corrected chi connectivity index (χ3v) is 3.63. The summed E-state index contributed by atoms with van der Waals surface area (Å²) in [6.07, 6.45) is -2.03. The molecule has 5 nitrogen and oxygen atoms in total. The zero-order valence-electron chi connectivity index (χ0n) is 14.7. The maximum atomic E-state index is 14.7. The van der Waals surface area contributed by atoms with Crippen LogP contribution < -0.4 is 9.47 Å². The molecule has 27 heavy (non-hydrogen) atoms. The quantitative estimate of drug-likeness (QED) is 0.513. The van der Waals surface area contributed by atoms with E-state index in [4.69, 9.17) is 26.4 Å². The molecular formula is C19H18F2O5S. The van der Waals surface area contributed by atoms with Crippen molar-refractivity contribution in [3.8, 4) is 11.5 Å². The minimum Gasteiger partial charge on any atom is -0.497 e. The molecule has 0 aliphatic heterocycles. The Morgan fingerprint density at radius 3 is 2.26 bits per heavy atom. The van der Waals surface area contributed by atoms with Gasteiger partial charge in [-0.25, -0.2) is 4.79 Å². The van der Waals surface area contributed by atoms with Crippen LogP contribution in [0.2, 0.25) is 0 Å². The van der Waals surface area contributed by atoms with Crippen LogP contribution in [0.4, 0.5) is 8.78 Å². The molecule has 0 heterocycles. The molecule has 0 aliphatic carbocycles. The summed E-state index contributed by atoms with van der Waals surface area (Å²) in [6.45, 7) is 1.23. The van der Waals surface area contributed by atoms with Gasteiger partial charge in [0.2, 0.25) is 6.10 Å². The standard InChI is InChI=1S/C19H18F2O5S/c1-3-24-17(22)19(20,21)16(13-9-11-14(23-2)12-10-13)26-18(27)25-15-7-5-4-6-8-15/h4-12,16H,3H2,1-2H3. The Morgan fingerprint density at radius 1 is 1.07 bits per heavy atom. The van der Waals surface area contributed by atoms with Crippen molar-refractivity contribution >= 4 is 23.4 Å². The first-order chi connectivity index (χ1) is 12.9. The Hall–Kier alpha value is -2.74. The molecule has 0 aromatic heterocycles. The maximum Gasteiger partial charge on any atom is 0.382 e. The van der Waals surface area contributed by atoms with Gasteiger partial charge in [0, 0.05) is 12.2 Å². The van der Waals surface area contributed by atoms with Crippen LogP contribution in [0.15, 0.2) is 54.6 Å². The van der Waals surface area contributed by atoms with Crippen LogP contribution in [0.25, 0.3) is 0 Å². The van der Waals surface area contributed by atoms with E-state index in [0.29, 0.717) is 11.5 Å². The smallest absolute Gasteiger partial charge is 0.382 e. The van der Waals surface area contributed by atoms with Crippen molar-refractivity contribution in [1.82, 2.24) is 0 Å². The van der Waals surface area contributed by atoms with Crippen molar-refractivity contribution < 1.29 is 32.5 Å². The first-order valence-corrected chi connectivity index (χ1v) is 8.41. The summed E-state index contributed by atoms with van der Waals surface area (Å²) in [5.74, 6) is -4.93. The van der Waals surface area contributed by atoms with E-state index in [2.05, 4.69) is 4.74 Å². The first kappa shape index (κ1) is 20.6. The zero-order chi connectivity index (χ0) is 19.9. The fourth-order valence-corrected chi connectivity index (χ4v) is 2.36. The Bertz CT molecular complexity index is 765. The van der Waals surface area contributed by atoms with Crippen molar-refractivity contribution in [2.24, 2.45) is 0 Å². The van der Waals surface area contributed by atoms with Crippen molar-refractivity contribution in [3.05, 3.63) is 60.2 Å². The number of carbonyl (C=O) groups is 1. The van der Waals surface area contributed by atoms with Gasteiger partial charge in [-0.2, -0.15) is 8.78 Å². The fraction of sp³-hybridized carbons (Fsp3) is 0.263. The van der Waals surface area contributed by atoms with E-state index in [1.807, 2.05) is 0 Å². The average Bonchev–Trinajstić information content (AvgIpc) is 2.67. The number of methoxy groups -OCH3 is 1. The number of hydrogen-bond acceptors (Lipinski definition) is 6. The minimum atomic E-state index is -3.99. The van der Waals surface area contributed by atoms with Crippen LogP contribution in [0.5, 0.6) is 11.5 Å². The van der Waals surface area contributed by atoms with Crippen molar-refractivity contribution in [2.45, 2.75) is 19.0 Å². The van der Waals surface area contributed by atoms with Gasteiger partial charge in [-0.05, 0) is 36.8 Å². The molecule has 0 amide bonds. The molecule has 0 N–H and O–H groups in total. The van der Waals surface area contributed by atoms with E-state index in [1.54, 1.807) is 30.3 Å². The van der Waals surface area contributed by atoms with Crippen LogP contribution in [0, 0.1) is 0 Å². The summed E-state index contributed by atoms with van der Waals surface area (Å²) in [4.78, 5) is 11.8. The predicted octanol–water partition coefficient (Wildman–Crippen LogP) is 4.32. The Morgan fingerprint density at radius 2 is 1.70 bits per heavy atom. The number of benzene rings is 2. The van der Waals surface area contributed by atoms with Crippen LogP contribution in [-0.2, 0) is 14.3 Å². The number of hydrogen-bond donors (Lipinski definition) is 0. The number of alkyl halides is 2. The number of carbonyl (C=O) groups excluding carboxylic acids is 1. The molecular weight excluding hydrogens is 378 g/mol. The van der Waals surface area contributed by atoms with Crippen LogP contribution in [0.3, 0.4) is 0 Å². The molecule has 2 aromatic carbocycles. The normalized spacial score (nSPS) is 12.0. The summed E-state index contributed by atoms with van der Waals surface area (Å²) < 4.78 is 49.3. The predicted molar refractivity (Wildman–Crippen MR) is 98.1 cm³/mol. The number of para-hydroxylation sites is 1. The molecule has 2 aromatic rings. The highest BCUT2D eigenvalue weighted by Gasteiger charge is 2.52. The van der Waals surface area contributed by atoms with Gasteiger partial charge in [0.25, 0.3) is 0 Å². The molecule has 0 saturated carbocycles. The third-order valence-electron chi connectivity index (χ3n) is 3.45. The third kappa shape index (κ3) is 5.37. The topological polar surface area (TPSA) is 54.0 Å². The molecule has 0 aliphatic rings. The van der Waals surface area contributed by atoms with Gasteiger partial charge in [-0.1, -0.05) is 30.3 Å². The number of halogens is 2. The van der Waals surface area contributed by atoms with Crippen molar-refractivity contribution in [2.75, 3.05) is 13.7 Å². The lowest BCUT2D eigenvalue weighted by Gasteiger charge is -2.26. The monoisotopic (exact) mass is 396 g/mol. The molecule has 0 bridgehead atoms. The second-order valence-corrected chi connectivity index (χ2v) is 5.61. The van der Waals surface area contributed by atoms with E-state index in [-0.39, 0.29) is 12.2 Å². The van der Waals surface area contributed by atoms with Gasteiger partial charge in [0.1, 0.15) is 11.5 Å². The van der Waals surface area contributed by atoms with Crippen molar-refractivity contribution in [3.63, 3.8) is 0 Å². The lowest BCUT2D eigenvalue weighted by Crippen LogP contribution is -2.40. The molecule has 1 atom stereocenters. The lowest BCUT2D eigenvalue weighted by molar-refractivity contribution is -0.188. The molecule has 0 radical (unpaired) electrons. The van der Waals surface area contributed by atoms with E-state index < -0.39 is 23.2 Å². The van der Waals surface area contributed by atoms with Gasteiger partial charge in [0.05, 0.1) is 13.7 Å². The first-order valence-electron chi connectivity index (χ1n) is 8.01. The van der Waals surface area contributed by atoms with Crippen LogP contribution in [0.1, 0.15) is 18.6 Å². The molecule has 2 rings (SSSR count). The largest absolute Gasteiger partial charge is 0.497 e. The van der Waals surface area contributed by atoms with Gasteiger partial charge in [-0.3, -0.25) is 0 Å². The molecule has 8 heteroatoms. The highest BCUT2D eigenvalue weighted by Crippen LogP contribution is 2.37. The second-order valence-electron chi connectivity index (χ2n) is 5.28. The van der Waals surface area contributed by atoms with Crippen LogP contribution in [-0.4, -0.2) is 30.8 Å². The van der Waals surface area contributed by atoms with Gasteiger partial charge < -0.3 is 18.9 Å². The number of rotatable bonds is 7. The summed E-state index contributed by atoms with van der Waals surface area (Å²) in [5, 5.41) is -0.550. The molecule has 1 unspecified atom stereocenters. The summed E-state index contributed by atoms with van der Waals surface area (Å²) in [6, 6.07) is 13.9. The fourth-order valence-electron chi connectivity index (χ4n) is 2.17. The summed E-state index contributed by atoms with van der Waals surface area (Å²) in [7, 11) is 1.44. The average molecular weight is 396 g/mol. The molecule has 0 spiro atoms. The summed E-state index contributed by atoms with van der Waals surface area (Å²) >= 11 is 4.93. The lowest BCUT2D eigenvalue weighted by atomic mass is 10.0. The van der Waals surface area contributed by atoms with E-state index in [1.165, 1.54) is 38.3 Å². The minimum absolute atomic E-state index is 0.00728. The van der Waals surface area contributed by atoms with E-state index in [9.17, 15) is 13.6 Å². The Balaban J connectivity index is 2.27. The Kier molecular flexibility index (Phi) is 7.06. The van der Waals surface area contributed by atoms with Gasteiger partial charge in [-0.15, -0.1) is 0 Å². The molecule has 0 fully saturated rings. The highest BCUT2D eigenvalue weighted by atomic mass is 32.1. The highest BCUT2D eigenvalue weighted by molar-refractivity contribution is 7.79. The van der Waals surface area contributed by atoms with Gasteiger partial charge in [0.15, 0.2) is 0 Å². The number of esters is 1. The maximum absolute atomic E-state index is 14.7. The SMILES string of the molecule is CCOC(=O)C(F)(F)C(OC(=S)Oc1ccccc1)c1ccc(OC)cc1. The Labute approximate surface area is 160 Å². The van der Waals surface area contributed by atoms with E-state index in [0.717, 1.165) is 0 Å². The number of thiocarbonyl (C=S) groups is 1. The number of ether oxygens (including phenoxy) is 4. The second kappa shape index (κ2) is 9.27. The van der Waals surface area contributed by atoms with E-state index >= 15 is 0 Å². The van der Waals surface area contributed by atoms with Gasteiger partial charge >= 0.3 is 17.1 Å². The van der Waals surface area contributed by atoms with Crippen molar-refractivity contribution in [1.29, 1.82) is 0 Å². The zero-order valence-corrected chi connectivity index (χ0v) is 15.5. The summed E-state index contributed by atoms with van der Waals surface area (Å²) in [5.41, 5.74) is 0.00728. The van der Waals surface area contributed by atoms with Crippen LogP contribution >= 0.6 is 12.2 Å². The molecule has 0 saturated heterocycles. The molecule has 144 valence electrons.